The fraction of sp³-hybridized carbons (Fsp3) is 0. The summed E-state index contributed by atoms with van der Waals surface area (Å²) in [6.07, 6.45) is 0. The summed E-state index contributed by atoms with van der Waals surface area (Å²) in [6, 6.07) is 5.11. The Labute approximate surface area is 105 Å². The Kier molecular flexibility index (Phi) is 2.41. The Morgan fingerprint density at radius 3 is 2.53 bits per heavy atom. The molecule has 3 rings (SSSR count). The van der Waals surface area contributed by atoms with Crippen molar-refractivity contribution in [3.63, 3.8) is 0 Å². The number of anilines is 1. The molecule has 19 heavy (non-hydrogen) atoms. The van der Waals surface area contributed by atoms with Crippen LogP contribution in [0.3, 0.4) is 0 Å². The molecule has 0 radical (unpaired) electrons. The van der Waals surface area contributed by atoms with Gasteiger partial charge < -0.3 is 10.7 Å². The molecule has 0 saturated heterocycles. The van der Waals surface area contributed by atoms with Gasteiger partial charge in [-0.1, -0.05) is 0 Å². The van der Waals surface area contributed by atoms with E-state index < -0.39 is 17.5 Å². The molecule has 3 N–H and O–H groups in total. The summed E-state index contributed by atoms with van der Waals surface area (Å²) in [5.41, 5.74) is 6.12. The Morgan fingerprint density at radius 1 is 0.947 bits per heavy atom. The van der Waals surface area contributed by atoms with Crippen molar-refractivity contribution in [1.29, 1.82) is 0 Å². The molecular formula is C12H7F3N4. The highest BCUT2D eigenvalue weighted by Crippen LogP contribution is 2.25. The van der Waals surface area contributed by atoms with Crippen LogP contribution in [0.1, 0.15) is 0 Å². The third-order valence-electron chi connectivity index (χ3n) is 2.66. The molecule has 7 heteroatoms. The zero-order valence-electron chi connectivity index (χ0n) is 9.42. The van der Waals surface area contributed by atoms with E-state index in [0.717, 1.165) is 12.1 Å². The van der Waals surface area contributed by atoms with Gasteiger partial charge in [-0.05, 0) is 24.3 Å². The number of pyridine rings is 1. The van der Waals surface area contributed by atoms with Gasteiger partial charge in [0.25, 0.3) is 0 Å². The number of nitrogens with one attached hydrogen (secondary N) is 1. The summed E-state index contributed by atoms with van der Waals surface area (Å²) in [7, 11) is 0. The Hall–Kier alpha value is -2.57. The van der Waals surface area contributed by atoms with E-state index in [0.29, 0.717) is 5.52 Å². The normalized spacial score (nSPS) is 11.1. The molecule has 1 aromatic carbocycles. The summed E-state index contributed by atoms with van der Waals surface area (Å²) in [5, 5.41) is 0. The van der Waals surface area contributed by atoms with E-state index in [2.05, 4.69) is 15.0 Å². The van der Waals surface area contributed by atoms with Gasteiger partial charge in [0.2, 0.25) is 0 Å². The molecule has 0 aliphatic carbocycles. The second kappa shape index (κ2) is 3.98. The van der Waals surface area contributed by atoms with Gasteiger partial charge in [0.1, 0.15) is 11.6 Å². The minimum atomic E-state index is -1.54. The number of aromatic nitrogens is 3. The van der Waals surface area contributed by atoms with Crippen molar-refractivity contribution in [2.75, 3.05) is 5.73 Å². The molecule has 0 saturated carbocycles. The van der Waals surface area contributed by atoms with E-state index >= 15 is 0 Å². The van der Waals surface area contributed by atoms with Crippen LogP contribution in [0.25, 0.3) is 22.6 Å². The minimum absolute atomic E-state index is 0.0597. The molecule has 3 aromatic rings. The van der Waals surface area contributed by atoms with Gasteiger partial charge >= 0.3 is 0 Å². The third kappa shape index (κ3) is 1.79. The molecular weight excluding hydrogens is 257 g/mol. The molecule has 96 valence electrons. The summed E-state index contributed by atoms with van der Waals surface area (Å²) in [5.74, 6) is -3.77. The van der Waals surface area contributed by atoms with Gasteiger partial charge in [-0.2, -0.15) is 0 Å². The molecule has 2 heterocycles. The number of nitrogens with two attached hydrogens (primary N) is 1. The van der Waals surface area contributed by atoms with Crippen LogP contribution in [0.5, 0.6) is 0 Å². The quantitative estimate of drug-likeness (QED) is 0.664. The number of imidazole rings is 1. The zero-order chi connectivity index (χ0) is 13.6. The average Bonchev–Trinajstić information content (AvgIpc) is 2.78. The lowest BCUT2D eigenvalue weighted by Crippen LogP contribution is -1.94. The number of H-pyrrole nitrogens is 1. The monoisotopic (exact) mass is 264 g/mol. The summed E-state index contributed by atoms with van der Waals surface area (Å²) in [4.78, 5) is 10.7. The number of aromatic amines is 1. The highest BCUT2D eigenvalue weighted by atomic mass is 19.2. The molecule has 0 fully saturated rings. The van der Waals surface area contributed by atoms with Gasteiger partial charge in [0.05, 0.1) is 11.1 Å². The van der Waals surface area contributed by atoms with Gasteiger partial charge in [0.15, 0.2) is 23.1 Å². The third-order valence-corrected chi connectivity index (χ3v) is 2.66. The highest BCUT2D eigenvalue weighted by molar-refractivity contribution is 5.77. The molecule has 0 amide bonds. The lowest BCUT2D eigenvalue weighted by molar-refractivity contribution is 0.448. The van der Waals surface area contributed by atoms with E-state index in [4.69, 9.17) is 5.73 Å². The number of hydrogen-bond donors (Lipinski definition) is 2. The number of halogens is 3. The van der Waals surface area contributed by atoms with Crippen LogP contribution in [0.2, 0.25) is 0 Å². The van der Waals surface area contributed by atoms with Gasteiger partial charge in [-0.3, -0.25) is 0 Å². The number of rotatable bonds is 1. The fourth-order valence-electron chi connectivity index (χ4n) is 1.74. The van der Waals surface area contributed by atoms with Crippen LogP contribution in [0.15, 0.2) is 24.3 Å². The maximum Gasteiger partial charge on any atom is 0.195 e. The van der Waals surface area contributed by atoms with Crippen molar-refractivity contribution in [1.82, 2.24) is 15.0 Å². The van der Waals surface area contributed by atoms with Crippen LogP contribution in [0.4, 0.5) is 19.0 Å². The van der Waals surface area contributed by atoms with E-state index in [9.17, 15) is 13.2 Å². The molecule has 0 unspecified atom stereocenters. The van der Waals surface area contributed by atoms with Crippen molar-refractivity contribution in [2.45, 2.75) is 0 Å². The Bertz CT molecular complexity index is 782. The standard InChI is InChI=1S/C12H7F3N4/c13-6-2-1-5(9(14)10(6)15)11-17-7-3-4-8(16)18-12(7)19-11/h1-4H,(H3,16,17,18,19). The van der Waals surface area contributed by atoms with Crippen LogP contribution in [-0.2, 0) is 0 Å². The van der Waals surface area contributed by atoms with E-state index in [1.807, 2.05) is 0 Å². The van der Waals surface area contributed by atoms with Crippen molar-refractivity contribution < 1.29 is 13.2 Å². The zero-order valence-corrected chi connectivity index (χ0v) is 9.42. The van der Waals surface area contributed by atoms with E-state index in [1.165, 1.54) is 0 Å². The largest absolute Gasteiger partial charge is 0.384 e. The van der Waals surface area contributed by atoms with Crippen molar-refractivity contribution in [2.24, 2.45) is 0 Å². The van der Waals surface area contributed by atoms with Crippen molar-refractivity contribution in [3.05, 3.63) is 41.7 Å². The van der Waals surface area contributed by atoms with Crippen LogP contribution in [-0.4, -0.2) is 15.0 Å². The lowest BCUT2D eigenvalue weighted by Gasteiger charge is -2.00. The first-order valence-corrected chi connectivity index (χ1v) is 5.32. The SMILES string of the molecule is Nc1ccc2[nH]c(-c3ccc(F)c(F)c3F)nc2n1. The predicted octanol–water partition coefficient (Wildman–Crippen LogP) is 2.62. The van der Waals surface area contributed by atoms with Gasteiger partial charge in [-0.15, -0.1) is 0 Å². The van der Waals surface area contributed by atoms with Crippen LogP contribution >= 0.6 is 0 Å². The average molecular weight is 264 g/mol. The molecule has 0 bridgehead atoms. The van der Waals surface area contributed by atoms with Gasteiger partial charge in [-0.25, -0.2) is 23.1 Å². The molecule has 0 atom stereocenters. The maximum atomic E-state index is 13.6. The van der Waals surface area contributed by atoms with E-state index in [-0.39, 0.29) is 22.9 Å². The number of fused-ring (bicyclic) bond motifs is 1. The smallest absolute Gasteiger partial charge is 0.195 e. The topological polar surface area (TPSA) is 67.6 Å². The minimum Gasteiger partial charge on any atom is -0.384 e. The highest BCUT2D eigenvalue weighted by Gasteiger charge is 2.17. The van der Waals surface area contributed by atoms with Crippen molar-refractivity contribution in [3.8, 4) is 11.4 Å². The van der Waals surface area contributed by atoms with Crippen LogP contribution in [0, 0.1) is 17.5 Å². The fourth-order valence-corrected chi connectivity index (χ4v) is 1.74. The van der Waals surface area contributed by atoms with Crippen molar-refractivity contribution >= 4 is 17.0 Å². The first-order valence-electron chi connectivity index (χ1n) is 5.32. The molecule has 0 aliphatic heterocycles. The first-order chi connectivity index (χ1) is 9.06. The van der Waals surface area contributed by atoms with Crippen LogP contribution < -0.4 is 5.73 Å². The first kappa shape index (κ1) is 11.5. The van der Waals surface area contributed by atoms with Gasteiger partial charge in [0, 0.05) is 0 Å². The predicted molar refractivity (Wildman–Crippen MR) is 63.6 cm³/mol. The molecule has 4 nitrogen and oxygen atoms in total. The molecule has 0 spiro atoms. The number of benzene rings is 1. The Balaban J connectivity index is 2.22. The number of nitrogens with zero attached hydrogens (tertiary/aromatic N) is 2. The Morgan fingerprint density at radius 2 is 1.74 bits per heavy atom. The summed E-state index contributed by atoms with van der Waals surface area (Å²) >= 11 is 0. The molecule has 0 aliphatic rings. The lowest BCUT2D eigenvalue weighted by atomic mass is 10.2. The second-order valence-electron chi connectivity index (χ2n) is 3.92. The number of hydrogen-bond acceptors (Lipinski definition) is 3. The number of nitrogen functional groups attached to an aromatic ring is 1. The second-order valence-corrected chi connectivity index (χ2v) is 3.92. The maximum absolute atomic E-state index is 13.6. The van der Waals surface area contributed by atoms with E-state index in [1.54, 1.807) is 12.1 Å². The summed E-state index contributed by atoms with van der Waals surface area (Å²) in [6.45, 7) is 0. The molecule has 2 aromatic heterocycles. The summed E-state index contributed by atoms with van der Waals surface area (Å²) < 4.78 is 39.7.